The third kappa shape index (κ3) is 3.62. The molecule has 0 aliphatic heterocycles. The monoisotopic (exact) mass is 410 g/mol. The molecule has 4 heterocycles. The highest BCUT2D eigenvalue weighted by Crippen LogP contribution is 2.34. The molecule has 4 rings (SSSR count). The van der Waals surface area contributed by atoms with Gasteiger partial charge >= 0.3 is 6.18 Å². The molecule has 0 saturated heterocycles. The van der Waals surface area contributed by atoms with Crippen molar-refractivity contribution in [3.63, 3.8) is 0 Å². The first-order valence-electron chi connectivity index (χ1n) is 8.63. The van der Waals surface area contributed by atoms with Crippen molar-refractivity contribution in [1.82, 2.24) is 24.7 Å². The molecule has 0 fully saturated rings. The Morgan fingerprint density at radius 1 is 0.967 bits per heavy atom. The molecule has 30 heavy (non-hydrogen) atoms. The van der Waals surface area contributed by atoms with Gasteiger partial charge in [0, 0.05) is 35.9 Å². The molecule has 7 nitrogen and oxygen atoms in total. The summed E-state index contributed by atoms with van der Waals surface area (Å²) < 4.78 is 41.6. The smallest absolute Gasteiger partial charge is 0.366 e. The molecule has 4 aromatic rings. The van der Waals surface area contributed by atoms with Gasteiger partial charge in [-0.3, -0.25) is 19.7 Å². The molecule has 0 aliphatic rings. The van der Waals surface area contributed by atoms with Crippen LogP contribution >= 0.6 is 0 Å². The van der Waals surface area contributed by atoms with E-state index in [2.05, 4.69) is 20.1 Å². The first-order valence-corrected chi connectivity index (χ1v) is 8.63. The second-order valence-corrected chi connectivity index (χ2v) is 6.25. The topological polar surface area (TPSA) is 99.6 Å². The Morgan fingerprint density at radius 3 is 2.40 bits per heavy atom. The maximum absolute atomic E-state index is 13.6. The zero-order valence-electron chi connectivity index (χ0n) is 15.2. The minimum atomic E-state index is -4.63. The molecule has 0 aromatic carbocycles. The summed E-state index contributed by atoms with van der Waals surface area (Å²) in [5.74, 6) is -0.661. The van der Waals surface area contributed by atoms with E-state index in [1.54, 1.807) is 12.1 Å². The maximum Gasteiger partial charge on any atom is 0.433 e. The minimum absolute atomic E-state index is 0.103. The van der Waals surface area contributed by atoms with Crippen LogP contribution in [0.2, 0.25) is 0 Å². The van der Waals surface area contributed by atoms with Crippen LogP contribution in [0.5, 0.6) is 0 Å². The molecule has 0 spiro atoms. The van der Waals surface area contributed by atoms with Crippen LogP contribution in [0, 0.1) is 0 Å². The third-order valence-corrected chi connectivity index (χ3v) is 4.31. The summed E-state index contributed by atoms with van der Waals surface area (Å²) in [7, 11) is 0. The number of hydrogen-bond donors (Lipinski definition) is 1. The molecule has 0 bridgehead atoms. The van der Waals surface area contributed by atoms with Gasteiger partial charge in [-0.05, 0) is 36.4 Å². The van der Waals surface area contributed by atoms with Crippen LogP contribution in [0.4, 0.5) is 13.2 Å². The number of hydrogen-bond acceptors (Lipinski definition) is 5. The molecule has 0 saturated carbocycles. The van der Waals surface area contributed by atoms with Crippen molar-refractivity contribution in [2.45, 2.75) is 6.18 Å². The SMILES string of the molecule is NC(=O)c1ccncc1-c1ccc(-n2nc(-c3cccnc3)cc2C(F)(F)F)cn1. The van der Waals surface area contributed by atoms with E-state index in [-0.39, 0.29) is 16.9 Å². The molecule has 0 radical (unpaired) electrons. The molecule has 0 atom stereocenters. The summed E-state index contributed by atoms with van der Waals surface area (Å²) in [5, 5.41) is 4.10. The van der Waals surface area contributed by atoms with E-state index in [0.29, 0.717) is 16.8 Å². The van der Waals surface area contributed by atoms with Gasteiger partial charge in [0.05, 0.1) is 28.8 Å². The Labute approximate surface area is 168 Å². The van der Waals surface area contributed by atoms with E-state index >= 15 is 0 Å². The zero-order chi connectivity index (χ0) is 21.3. The Morgan fingerprint density at radius 2 is 1.77 bits per heavy atom. The summed E-state index contributed by atoms with van der Waals surface area (Å²) in [4.78, 5) is 23.6. The van der Waals surface area contributed by atoms with E-state index in [0.717, 1.165) is 10.7 Å². The molecular formula is C20H13F3N6O. The highest BCUT2D eigenvalue weighted by molar-refractivity contribution is 5.99. The van der Waals surface area contributed by atoms with Gasteiger partial charge in [0.2, 0.25) is 5.91 Å². The van der Waals surface area contributed by atoms with E-state index in [4.69, 9.17) is 5.73 Å². The van der Waals surface area contributed by atoms with Crippen LogP contribution in [-0.2, 0) is 6.18 Å². The summed E-state index contributed by atoms with van der Waals surface area (Å²) in [6.45, 7) is 0. The quantitative estimate of drug-likeness (QED) is 0.555. The Balaban J connectivity index is 1.78. The molecule has 10 heteroatoms. The second kappa shape index (κ2) is 7.39. The van der Waals surface area contributed by atoms with Gasteiger partial charge in [0.1, 0.15) is 5.69 Å². The van der Waals surface area contributed by atoms with Gasteiger partial charge in [0.25, 0.3) is 0 Å². The summed E-state index contributed by atoms with van der Waals surface area (Å²) in [6, 6.07) is 8.54. The summed E-state index contributed by atoms with van der Waals surface area (Å²) in [5.41, 5.74) is 6.02. The summed E-state index contributed by atoms with van der Waals surface area (Å²) in [6.07, 6.45) is 2.39. The van der Waals surface area contributed by atoms with Crippen molar-refractivity contribution in [3.8, 4) is 28.2 Å². The lowest BCUT2D eigenvalue weighted by molar-refractivity contribution is -0.142. The van der Waals surface area contributed by atoms with Crippen molar-refractivity contribution in [1.29, 1.82) is 0 Å². The number of primary amides is 1. The van der Waals surface area contributed by atoms with Gasteiger partial charge in [-0.25, -0.2) is 4.68 Å². The van der Waals surface area contributed by atoms with Gasteiger partial charge < -0.3 is 5.73 Å². The molecule has 150 valence electrons. The molecular weight excluding hydrogens is 397 g/mol. The fraction of sp³-hybridized carbons (Fsp3) is 0.0500. The molecule has 4 aromatic heterocycles. The first-order chi connectivity index (χ1) is 14.3. The third-order valence-electron chi connectivity index (χ3n) is 4.31. The van der Waals surface area contributed by atoms with Gasteiger partial charge in [-0.1, -0.05) is 0 Å². The predicted molar refractivity (Wildman–Crippen MR) is 101 cm³/mol. The van der Waals surface area contributed by atoms with Crippen LogP contribution in [0.25, 0.3) is 28.2 Å². The van der Waals surface area contributed by atoms with E-state index < -0.39 is 17.8 Å². The fourth-order valence-corrected chi connectivity index (χ4v) is 2.92. The number of rotatable bonds is 4. The fourth-order valence-electron chi connectivity index (χ4n) is 2.92. The number of alkyl halides is 3. The number of carbonyl (C=O) groups is 1. The predicted octanol–water partition coefficient (Wildman–Crippen LogP) is 3.51. The van der Waals surface area contributed by atoms with Crippen molar-refractivity contribution >= 4 is 5.91 Å². The first kappa shape index (κ1) is 19.2. The number of amides is 1. The Hall–Kier alpha value is -4.08. The van der Waals surface area contributed by atoms with Crippen LogP contribution in [0.15, 0.2) is 67.4 Å². The lowest BCUT2D eigenvalue weighted by Crippen LogP contribution is -2.14. The van der Waals surface area contributed by atoms with Crippen molar-refractivity contribution < 1.29 is 18.0 Å². The molecule has 0 unspecified atom stereocenters. The highest BCUT2D eigenvalue weighted by Gasteiger charge is 2.36. The van der Waals surface area contributed by atoms with Gasteiger partial charge in [-0.2, -0.15) is 18.3 Å². The van der Waals surface area contributed by atoms with E-state index in [1.807, 2.05) is 0 Å². The number of nitrogens with zero attached hydrogens (tertiary/aromatic N) is 5. The van der Waals surface area contributed by atoms with Gasteiger partial charge in [0.15, 0.2) is 0 Å². The zero-order valence-corrected chi connectivity index (χ0v) is 15.2. The van der Waals surface area contributed by atoms with Crippen molar-refractivity contribution in [3.05, 3.63) is 78.6 Å². The van der Waals surface area contributed by atoms with Crippen LogP contribution < -0.4 is 5.73 Å². The average Bonchev–Trinajstić information content (AvgIpc) is 3.21. The highest BCUT2D eigenvalue weighted by atomic mass is 19.4. The lowest BCUT2D eigenvalue weighted by Gasteiger charge is -2.11. The number of carbonyl (C=O) groups excluding carboxylic acids is 1. The molecule has 1 amide bonds. The Bertz CT molecular complexity index is 1200. The summed E-state index contributed by atoms with van der Waals surface area (Å²) >= 11 is 0. The van der Waals surface area contributed by atoms with Crippen LogP contribution in [0.3, 0.4) is 0 Å². The van der Waals surface area contributed by atoms with Crippen LogP contribution in [0.1, 0.15) is 16.1 Å². The average molecular weight is 410 g/mol. The number of nitrogens with two attached hydrogens (primary N) is 1. The maximum atomic E-state index is 13.6. The molecule has 0 aliphatic carbocycles. The van der Waals surface area contributed by atoms with Crippen molar-refractivity contribution in [2.24, 2.45) is 5.73 Å². The Kier molecular flexibility index (Phi) is 4.74. The number of aromatic nitrogens is 5. The molecule has 2 N–H and O–H groups in total. The van der Waals surface area contributed by atoms with Gasteiger partial charge in [-0.15, -0.1) is 0 Å². The van der Waals surface area contributed by atoms with Crippen LogP contribution in [-0.4, -0.2) is 30.6 Å². The normalized spacial score (nSPS) is 11.4. The largest absolute Gasteiger partial charge is 0.433 e. The lowest BCUT2D eigenvalue weighted by atomic mass is 10.1. The van der Waals surface area contributed by atoms with E-state index in [9.17, 15) is 18.0 Å². The van der Waals surface area contributed by atoms with E-state index in [1.165, 1.54) is 49.2 Å². The minimum Gasteiger partial charge on any atom is -0.366 e. The number of halogens is 3. The standard InChI is InChI=1S/C20H13F3N6O/c21-20(22,23)18-8-17(12-2-1-6-25-9-12)28-29(18)13-3-4-16(27-10-13)15-11-26-7-5-14(15)19(24)30/h1-11H,(H2,24,30). The van der Waals surface area contributed by atoms with Crippen molar-refractivity contribution in [2.75, 3.05) is 0 Å². The number of pyridine rings is 3. The second-order valence-electron chi connectivity index (χ2n) is 6.25.